The molecule has 3 rings (SSSR count). The van der Waals surface area contributed by atoms with E-state index in [2.05, 4.69) is 46.1 Å². The van der Waals surface area contributed by atoms with E-state index in [1.54, 1.807) is 0 Å². The van der Waals surface area contributed by atoms with Crippen LogP contribution in [0.2, 0.25) is 5.15 Å². The number of aryl methyl sites for hydroxylation is 2. The SMILES string of the molecule is Cc1ccc(-c2nc(C)nc3[nH]c(Cl)cc23)cc1. The molecule has 0 amide bonds. The first-order valence-electron chi connectivity index (χ1n) is 5.73. The van der Waals surface area contributed by atoms with E-state index in [0.29, 0.717) is 5.15 Å². The highest BCUT2D eigenvalue weighted by atomic mass is 35.5. The molecule has 2 heterocycles. The third-order valence-corrected chi connectivity index (χ3v) is 3.09. The minimum atomic E-state index is 0.582. The number of aromatic amines is 1. The van der Waals surface area contributed by atoms with E-state index in [1.807, 2.05) is 13.0 Å². The van der Waals surface area contributed by atoms with Crippen LogP contribution in [0.15, 0.2) is 30.3 Å². The molecule has 1 aromatic carbocycles. The van der Waals surface area contributed by atoms with Gasteiger partial charge in [-0.15, -0.1) is 0 Å². The van der Waals surface area contributed by atoms with Crippen molar-refractivity contribution in [3.8, 4) is 11.3 Å². The molecule has 0 fully saturated rings. The zero-order chi connectivity index (χ0) is 12.7. The molecule has 3 nitrogen and oxygen atoms in total. The van der Waals surface area contributed by atoms with Gasteiger partial charge < -0.3 is 4.98 Å². The zero-order valence-electron chi connectivity index (χ0n) is 10.2. The Morgan fingerprint density at radius 3 is 2.50 bits per heavy atom. The Kier molecular flexibility index (Phi) is 2.56. The van der Waals surface area contributed by atoms with Gasteiger partial charge in [-0.2, -0.15) is 0 Å². The summed E-state index contributed by atoms with van der Waals surface area (Å²) >= 11 is 6.00. The van der Waals surface area contributed by atoms with Gasteiger partial charge in [0.1, 0.15) is 16.6 Å². The van der Waals surface area contributed by atoms with Crippen LogP contribution in [-0.2, 0) is 0 Å². The van der Waals surface area contributed by atoms with Gasteiger partial charge in [0.2, 0.25) is 0 Å². The largest absolute Gasteiger partial charge is 0.330 e. The van der Waals surface area contributed by atoms with E-state index in [4.69, 9.17) is 11.6 Å². The number of aromatic nitrogens is 3. The first-order chi connectivity index (χ1) is 8.63. The summed E-state index contributed by atoms with van der Waals surface area (Å²) in [6, 6.07) is 10.2. The molecule has 0 aliphatic carbocycles. The Bertz CT molecular complexity index is 714. The van der Waals surface area contributed by atoms with Gasteiger partial charge in [-0.25, -0.2) is 9.97 Å². The molecule has 0 radical (unpaired) electrons. The van der Waals surface area contributed by atoms with Crippen molar-refractivity contribution >= 4 is 22.6 Å². The monoisotopic (exact) mass is 257 g/mol. The van der Waals surface area contributed by atoms with E-state index >= 15 is 0 Å². The van der Waals surface area contributed by atoms with Crippen LogP contribution in [0.5, 0.6) is 0 Å². The second-order valence-electron chi connectivity index (χ2n) is 4.37. The van der Waals surface area contributed by atoms with Crippen LogP contribution in [0.4, 0.5) is 0 Å². The smallest absolute Gasteiger partial charge is 0.142 e. The number of rotatable bonds is 1. The van der Waals surface area contributed by atoms with Crippen molar-refractivity contribution in [3.63, 3.8) is 0 Å². The van der Waals surface area contributed by atoms with E-state index in [0.717, 1.165) is 28.1 Å². The molecule has 3 aromatic rings. The Hall–Kier alpha value is -1.87. The average Bonchev–Trinajstić information content (AvgIpc) is 2.69. The molecule has 90 valence electrons. The number of hydrogen-bond donors (Lipinski definition) is 1. The van der Waals surface area contributed by atoms with E-state index in [1.165, 1.54) is 5.56 Å². The van der Waals surface area contributed by atoms with Crippen molar-refractivity contribution < 1.29 is 0 Å². The normalized spacial score (nSPS) is 11.1. The number of benzene rings is 1. The first-order valence-corrected chi connectivity index (χ1v) is 6.11. The summed E-state index contributed by atoms with van der Waals surface area (Å²) in [5.74, 6) is 0.733. The fourth-order valence-electron chi connectivity index (χ4n) is 2.02. The molecule has 0 saturated heterocycles. The predicted molar refractivity (Wildman–Crippen MR) is 73.8 cm³/mol. The minimum Gasteiger partial charge on any atom is -0.330 e. The fraction of sp³-hybridized carbons (Fsp3) is 0.143. The van der Waals surface area contributed by atoms with E-state index < -0.39 is 0 Å². The minimum absolute atomic E-state index is 0.582. The van der Waals surface area contributed by atoms with Crippen LogP contribution in [0, 0.1) is 13.8 Å². The Labute approximate surface area is 110 Å². The van der Waals surface area contributed by atoms with Crippen LogP contribution in [0.3, 0.4) is 0 Å². The van der Waals surface area contributed by atoms with Gasteiger partial charge >= 0.3 is 0 Å². The maximum Gasteiger partial charge on any atom is 0.142 e. The lowest BCUT2D eigenvalue weighted by molar-refractivity contribution is 1.08. The van der Waals surface area contributed by atoms with Crippen LogP contribution in [0.25, 0.3) is 22.3 Å². The number of H-pyrrole nitrogens is 1. The molecule has 0 aliphatic heterocycles. The Balaban J connectivity index is 2.30. The lowest BCUT2D eigenvalue weighted by Gasteiger charge is -2.04. The molecule has 0 aliphatic rings. The van der Waals surface area contributed by atoms with Crippen molar-refractivity contribution in [1.82, 2.24) is 15.0 Å². The highest BCUT2D eigenvalue weighted by Gasteiger charge is 2.10. The van der Waals surface area contributed by atoms with E-state index in [9.17, 15) is 0 Å². The predicted octanol–water partition coefficient (Wildman–Crippen LogP) is 3.90. The van der Waals surface area contributed by atoms with Gasteiger partial charge in [0.05, 0.1) is 5.69 Å². The van der Waals surface area contributed by atoms with Crippen molar-refractivity contribution in [2.45, 2.75) is 13.8 Å². The Morgan fingerprint density at radius 2 is 1.78 bits per heavy atom. The quantitative estimate of drug-likeness (QED) is 0.718. The van der Waals surface area contributed by atoms with E-state index in [-0.39, 0.29) is 0 Å². The number of nitrogens with zero attached hydrogens (tertiary/aromatic N) is 2. The molecule has 0 saturated carbocycles. The summed E-state index contributed by atoms with van der Waals surface area (Å²) in [6.45, 7) is 3.95. The van der Waals surface area contributed by atoms with Crippen molar-refractivity contribution in [3.05, 3.63) is 46.9 Å². The standard InChI is InChI=1S/C14H12ClN3/c1-8-3-5-10(6-4-8)13-11-7-12(15)18-14(11)17-9(2)16-13/h3-7H,1-2H3,(H,16,17,18). The zero-order valence-corrected chi connectivity index (χ0v) is 10.9. The summed E-state index contributed by atoms with van der Waals surface area (Å²) < 4.78 is 0. The van der Waals surface area contributed by atoms with Gasteiger partial charge in [0.25, 0.3) is 0 Å². The number of halogens is 1. The van der Waals surface area contributed by atoms with Crippen LogP contribution >= 0.6 is 11.6 Å². The molecule has 4 heteroatoms. The summed E-state index contributed by atoms with van der Waals surface area (Å²) in [5, 5.41) is 1.53. The molecule has 0 spiro atoms. The summed E-state index contributed by atoms with van der Waals surface area (Å²) in [7, 11) is 0. The second-order valence-corrected chi connectivity index (χ2v) is 4.77. The molecule has 2 aromatic heterocycles. The Morgan fingerprint density at radius 1 is 1.06 bits per heavy atom. The molecule has 18 heavy (non-hydrogen) atoms. The third-order valence-electron chi connectivity index (χ3n) is 2.89. The molecule has 0 bridgehead atoms. The molecular formula is C14H12ClN3. The number of fused-ring (bicyclic) bond motifs is 1. The maximum atomic E-state index is 6.00. The van der Waals surface area contributed by atoms with Gasteiger partial charge in [0, 0.05) is 10.9 Å². The average molecular weight is 258 g/mol. The summed E-state index contributed by atoms with van der Waals surface area (Å²) in [6.07, 6.45) is 0. The van der Waals surface area contributed by atoms with Crippen molar-refractivity contribution in [1.29, 1.82) is 0 Å². The molecule has 0 unspecified atom stereocenters. The summed E-state index contributed by atoms with van der Waals surface area (Å²) in [5.41, 5.74) is 4.00. The molecular weight excluding hydrogens is 246 g/mol. The highest BCUT2D eigenvalue weighted by molar-refractivity contribution is 6.30. The van der Waals surface area contributed by atoms with Crippen LogP contribution in [-0.4, -0.2) is 15.0 Å². The number of nitrogens with one attached hydrogen (secondary N) is 1. The topological polar surface area (TPSA) is 41.6 Å². The van der Waals surface area contributed by atoms with Crippen molar-refractivity contribution in [2.75, 3.05) is 0 Å². The number of hydrogen-bond acceptors (Lipinski definition) is 2. The van der Waals surface area contributed by atoms with Gasteiger partial charge in [0.15, 0.2) is 0 Å². The molecule has 0 atom stereocenters. The fourth-order valence-corrected chi connectivity index (χ4v) is 2.22. The van der Waals surface area contributed by atoms with Gasteiger partial charge in [-0.05, 0) is 19.9 Å². The second kappa shape index (κ2) is 4.10. The van der Waals surface area contributed by atoms with Gasteiger partial charge in [-0.3, -0.25) is 0 Å². The lowest BCUT2D eigenvalue weighted by Crippen LogP contribution is -1.92. The lowest BCUT2D eigenvalue weighted by atomic mass is 10.1. The van der Waals surface area contributed by atoms with Crippen LogP contribution < -0.4 is 0 Å². The van der Waals surface area contributed by atoms with Crippen molar-refractivity contribution in [2.24, 2.45) is 0 Å². The maximum absolute atomic E-state index is 6.00. The highest BCUT2D eigenvalue weighted by Crippen LogP contribution is 2.28. The van der Waals surface area contributed by atoms with Crippen LogP contribution in [0.1, 0.15) is 11.4 Å². The van der Waals surface area contributed by atoms with Gasteiger partial charge in [-0.1, -0.05) is 41.4 Å². The first kappa shape index (κ1) is 11.2. The summed E-state index contributed by atoms with van der Waals surface area (Å²) in [4.78, 5) is 11.9. The third kappa shape index (κ3) is 1.87. The molecule has 1 N–H and O–H groups in total.